The van der Waals surface area contributed by atoms with Crippen LogP contribution in [0.15, 0.2) is 0 Å². The van der Waals surface area contributed by atoms with Crippen LogP contribution in [0.4, 0.5) is 17.6 Å². The normalized spacial score (nSPS) is 31.3. The van der Waals surface area contributed by atoms with E-state index in [2.05, 4.69) is 4.74 Å². The van der Waals surface area contributed by atoms with Crippen LogP contribution in [0.3, 0.4) is 0 Å². The van der Waals surface area contributed by atoms with E-state index in [0.29, 0.717) is 0 Å². The second-order valence-corrected chi connectivity index (χ2v) is 4.42. The summed E-state index contributed by atoms with van der Waals surface area (Å²) in [6, 6.07) is 0. The lowest BCUT2D eigenvalue weighted by molar-refractivity contribution is -0.195. The molecule has 0 bridgehead atoms. The zero-order chi connectivity index (χ0) is 13.3. The van der Waals surface area contributed by atoms with Crippen LogP contribution in [0.25, 0.3) is 0 Å². The number of halogens is 4. The van der Waals surface area contributed by atoms with Gasteiger partial charge < -0.3 is 9.64 Å². The summed E-state index contributed by atoms with van der Waals surface area (Å²) in [5.41, 5.74) is -2.08. The van der Waals surface area contributed by atoms with Crippen LogP contribution in [0.1, 0.15) is 12.8 Å². The summed E-state index contributed by atoms with van der Waals surface area (Å²) in [7, 11) is 2.58. The first-order valence-corrected chi connectivity index (χ1v) is 5.19. The van der Waals surface area contributed by atoms with Crippen molar-refractivity contribution in [2.24, 2.45) is 5.41 Å². The van der Waals surface area contributed by atoms with Gasteiger partial charge >= 0.3 is 12.1 Å². The molecule has 1 heterocycles. The topological polar surface area (TPSA) is 29.5 Å². The summed E-state index contributed by atoms with van der Waals surface area (Å²) in [6.45, 7) is 0.0524. The van der Waals surface area contributed by atoms with Crippen molar-refractivity contribution in [3.63, 3.8) is 0 Å². The molecule has 2 atom stereocenters. The predicted octanol–water partition coefficient (Wildman–Crippen LogP) is 1.77. The summed E-state index contributed by atoms with van der Waals surface area (Å²) in [4.78, 5) is 13.1. The molecule has 0 saturated carbocycles. The van der Waals surface area contributed by atoms with Crippen molar-refractivity contribution < 1.29 is 27.1 Å². The van der Waals surface area contributed by atoms with Crippen molar-refractivity contribution in [1.29, 1.82) is 0 Å². The van der Waals surface area contributed by atoms with Gasteiger partial charge in [0, 0.05) is 6.54 Å². The third kappa shape index (κ3) is 3.08. The van der Waals surface area contributed by atoms with Gasteiger partial charge in [0.1, 0.15) is 11.6 Å². The van der Waals surface area contributed by atoms with Crippen molar-refractivity contribution in [2.75, 3.05) is 27.2 Å². The minimum Gasteiger partial charge on any atom is -0.469 e. The Morgan fingerprint density at radius 3 is 2.53 bits per heavy atom. The molecule has 7 heteroatoms. The molecule has 1 fully saturated rings. The van der Waals surface area contributed by atoms with Crippen molar-refractivity contribution in [3.05, 3.63) is 0 Å². The molecule has 1 saturated heterocycles. The first-order valence-electron chi connectivity index (χ1n) is 5.19. The summed E-state index contributed by atoms with van der Waals surface area (Å²) in [5.74, 6) is -1.12. The van der Waals surface area contributed by atoms with Crippen LogP contribution >= 0.6 is 0 Å². The monoisotopic (exact) mass is 257 g/mol. The molecule has 1 rings (SSSR count). The fraction of sp³-hybridized carbons (Fsp3) is 0.900. The zero-order valence-electron chi connectivity index (χ0n) is 9.68. The molecule has 0 spiro atoms. The van der Waals surface area contributed by atoms with Crippen LogP contribution in [-0.4, -0.2) is 50.5 Å². The highest BCUT2D eigenvalue weighted by molar-refractivity contribution is 5.78. The lowest BCUT2D eigenvalue weighted by Gasteiger charge is -2.41. The molecule has 1 aliphatic heterocycles. The average molecular weight is 257 g/mol. The SMILES string of the molecule is COC(=O)C1(CC(F)(F)F)CCN(C)CC1F. The van der Waals surface area contributed by atoms with E-state index in [-0.39, 0.29) is 19.5 Å². The van der Waals surface area contributed by atoms with E-state index in [4.69, 9.17) is 0 Å². The molecule has 0 aromatic carbocycles. The van der Waals surface area contributed by atoms with Gasteiger partial charge in [-0.3, -0.25) is 4.79 Å². The molecule has 0 aliphatic carbocycles. The van der Waals surface area contributed by atoms with Gasteiger partial charge in [-0.2, -0.15) is 13.2 Å². The summed E-state index contributed by atoms with van der Waals surface area (Å²) >= 11 is 0. The Balaban J connectivity index is 2.98. The average Bonchev–Trinajstić information content (AvgIpc) is 2.19. The van der Waals surface area contributed by atoms with E-state index in [1.54, 1.807) is 11.9 Å². The zero-order valence-corrected chi connectivity index (χ0v) is 9.68. The molecule has 0 amide bonds. The molecule has 0 N–H and O–H groups in total. The van der Waals surface area contributed by atoms with E-state index in [1.807, 2.05) is 0 Å². The maximum absolute atomic E-state index is 13.9. The van der Waals surface area contributed by atoms with Crippen LogP contribution in [0.2, 0.25) is 0 Å². The maximum Gasteiger partial charge on any atom is 0.390 e. The lowest BCUT2D eigenvalue weighted by atomic mass is 9.74. The maximum atomic E-state index is 13.9. The molecule has 1 aliphatic rings. The second kappa shape index (κ2) is 4.80. The van der Waals surface area contributed by atoms with Gasteiger partial charge in [0.05, 0.1) is 13.5 Å². The number of esters is 1. The van der Waals surface area contributed by atoms with Gasteiger partial charge in [0.2, 0.25) is 0 Å². The van der Waals surface area contributed by atoms with E-state index in [0.717, 1.165) is 7.11 Å². The Morgan fingerprint density at radius 2 is 2.12 bits per heavy atom. The van der Waals surface area contributed by atoms with Crippen molar-refractivity contribution in [1.82, 2.24) is 4.90 Å². The highest BCUT2D eigenvalue weighted by Crippen LogP contribution is 2.43. The van der Waals surface area contributed by atoms with Gasteiger partial charge in [0.15, 0.2) is 0 Å². The summed E-state index contributed by atoms with van der Waals surface area (Å²) in [5, 5.41) is 0. The van der Waals surface area contributed by atoms with E-state index >= 15 is 0 Å². The van der Waals surface area contributed by atoms with Crippen LogP contribution in [-0.2, 0) is 9.53 Å². The Hall–Kier alpha value is -0.850. The third-order valence-electron chi connectivity index (χ3n) is 3.12. The molecule has 17 heavy (non-hydrogen) atoms. The smallest absolute Gasteiger partial charge is 0.390 e. The van der Waals surface area contributed by atoms with Gasteiger partial charge in [-0.05, 0) is 20.0 Å². The fourth-order valence-corrected chi connectivity index (χ4v) is 2.15. The first kappa shape index (κ1) is 14.2. The molecular weight excluding hydrogens is 242 g/mol. The largest absolute Gasteiger partial charge is 0.469 e. The van der Waals surface area contributed by atoms with Crippen LogP contribution < -0.4 is 0 Å². The number of nitrogens with zero attached hydrogens (tertiary/aromatic N) is 1. The van der Waals surface area contributed by atoms with Crippen molar-refractivity contribution >= 4 is 5.97 Å². The Bertz CT molecular complexity index is 295. The standard InChI is InChI=1S/C10H15F4NO2/c1-15-4-3-9(7(11)5-15,8(16)17-2)6-10(12,13)14/h7H,3-6H2,1-2H3. The van der Waals surface area contributed by atoms with E-state index < -0.39 is 30.2 Å². The molecule has 0 aromatic heterocycles. The highest BCUT2D eigenvalue weighted by Gasteiger charge is 2.55. The first-order chi connectivity index (χ1) is 7.71. The Labute approximate surface area is 96.7 Å². The number of hydrogen-bond acceptors (Lipinski definition) is 3. The van der Waals surface area contributed by atoms with Gasteiger partial charge in [-0.15, -0.1) is 0 Å². The molecular formula is C10H15F4NO2. The number of rotatable bonds is 2. The fourth-order valence-electron chi connectivity index (χ4n) is 2.15. The molecule has 100 valence electrons. The predicted molar refractivity (Wildman–Crippen MR) is 52.1 cm³/mol. The molecule has 3 nitrogen and oxygen atoms in total. The Morgan fingerprint density at radius 1 is 1.53 bits per heavy atom. The number of methoxy groups -OCH3 is 1. The van der Waals surface area contributed by atoms with Crippen LogP contribution in [0.5, 0.6) is 0 Å². The highest BCUT2D eigenvalue weighted by atomic mass is 19.4. The summed E-state index contributed by atoms with van der Waals surface area (Å²) in [6.07, 6.45) is -8.11. The molecule has 0 radical (unpaired) electrons. The number of hydrogen-bond donors (Lipinski definition) is 0. The van der Waals surface area contributed by atoms with Crippen molar-refractivity contribution in [3.8, 4) is 0 Å². The van der Waals surface area contributed by atoms with Gasteiger partial charge in [0.25, 0.3) is 0 Å². The van der Waals surface area contributed by atoms with E-state index in [9.17, 15) is 22.4 Å². The van der Waals surface area contributed by atoms with E-state index in [1.165, 1.54) is 0 Å². The van der Waals surface area contributed by atoms with Gasteiger partial charge in [-0.1, -0.05) is 0 Å². The summed E-state index contributed by atoms with van der Waals surface area (Å²) < 4.78 is 55.6. The molecule has 2 unspecified atom stereocenters. The number of alkyl halides is 4. The number of likely N-dealkylation sites (tertiary alicyclic amines) is 1. The third-order valence-corrected chi connectivity index (χ3v) is 3.12. The lowest BCUT2D eigenvalue weighted by Crippen LogP contribution is -2.54. The Kier molecular flexibility index (Phi) is 4.01. The number of carbonyl (C=O) groups is 1. The number of carbonyl (C=O) groups excluding carboxylic acids is 1. The van der Waals surface area contributed by atoms with Gasteiger partial charge in [-0.25, -0.2) is 4.39 Å². The number of ether oxygens (including phenoxy) is 1. The molecule has 0 aromatic rings. The van der Waals surface area contributed by atoms with Crippen molar-refractivity contribution in [2.45, 2.75) is 25.2 Å². The second-order valence-electron chi connectivity index (χ2n) is 4.42. The quantitative estimate of drug-likeness (QED) is 0.558. The minimum absolute atomic E-state index is 0.184. The van der Waals surface area contributed by atoms with Crippen LogP contribution in [0, 0.1) is 5.41 Å². The minimum atomic E-state index is -4.59. The number of piperidine rings is 1.